The molecular formula is C26H32N4O6. The summed E-state index contributed by atoms with van der Waals surface area (Å²) in [5.74, 6) is -0.811. The molecule has 10 nitrogen and oxygen atoms in total. The first-order chi connectivity index (χ1) is 17.3. The normalized spacial score (nSPS) is 12.3. The Morgan fingerprint density at radius 3 is 1.33 bits per heavy atom. The second-order valence-electron chi connectivity index (χ2n) is 8.01. The second-order valence-corrected chi connectivity index (χ2v) is 8.01. The molecule has 2 rings (SSSR count). The van der Waals surface area contributed by atoms with Gasteiger partial charge < -0.3 is 31.5 Å². The van der Waals surface area contributed by atoms with Crippen LogP contribution in [0.25, 0.3) is 0 Å². The maximum absolute atomic E-state index is 12.4. The van der Waals surface area contributed by atoms with E-state index in [1.54, 1.807) is 0 Å². The van der Waals surface area contributed by atoms with E-state index in [9.17, 15) is 19.2 Å². The molecule has 0 aromatic heterocycles. The zero-order valence-electron chi connectivity index (χ0n) is 19.9. The summed E-state index contributed by atoms with van der Waals surface area (Å²) in [6.07, 6.45) is 2.72. The van der Waals surface area contributed by atoms with Crippen LogP contribution in [0.4, 0.5) is 9.59 Å². The van der Waals surface area contributed by atoms with Gasteiger partial charge in [-0.05, 0) is 24.0 Å². The molecule has 0 aliphatic carbocycles. The van der Waals surface area contributed by atoms with Gasteiger partial charge in [0.15, 0.2) is 0 Å². The van der Waals surface area contributed by atoms with Gasteiger partial charge in [-0.3, -0.25) is 9.59 Å². The second kappa shape index (κ2) is 15.5. The Morgan fingerprint density at radius 2 is 1.00 bits per heavy atom. The highest BCUT2D eigenvalue weighted by Crippen LogP contribution is 2.05. The quantitative estimate of drug-likeness (QED) is 0.174. The molecule has 0 bridgehead atoms. The van der Waals surface area contributed by atoms with Crippen molar-refractivity contribution >= 4 is 24.0 Å². The van der Waals surface area contributed by atoms with E-state index in [0.717, 1.165) is 11.1 Å². The third-order valence-electron chi connectivity index (χ3n) is 5.18. The van der Waals surface area contributed by atoms with Crippen LogP contribution in [-0.4, -0.2) is 59.4 Å². The van der Waals surface area contributed by atoms with Gasteiger partial charge in [0.2, 0.25) is 11.8 Å². The number of hydrogen-bond donors (Lipinski definition) is 6. The predicted molar refractivity (Wildman–Crippen MR) is 135 cm³/mol. The predicted octanol–water partition coefficient (Wildman–Crippen LogP) is 2.31. The third kappa shape index (κ3) is 11.2. The van der Waals surface area contributed by atoms with E-state index in [4.69, 9.17) is 10.2 Å². The van der Waals surface area contributed by atoms with Crippen molar-refractivity contribution in [1.29, 1.82) is 0 Å². The molecule has 0 heterocycles. The summed E-state index contributed by atoms with van der Waals surface area (Å²) in [4.78, 5) is 46.9. The van der Waals surface area contributed by atoms with Crippen molar-refractivity contribution < 1.29 is 29.4 Å². The molecule has 0 unspecified atom stereocenters. The molecule has 2 aromatic carbocycles. The largest absolute Gasteiger partial charge is 0.465 e. The molecule has 0 saturated heterocycles. The lowest BCUT2D eigenvalue weighted by molar-refractivity contribution is -0.123. The number of hydrogen-bond acceptors (Lipinski definition) is 4. The summed E-state index contributed by atoms with van der Waals surface area (Å²) in [5.41, 5.74) is 1.69. The smallest absolute Gasteiger partial charge is 0.405 e. The number of carbonyl (C=O) groups excluding carboxylic acids is 2. The first kappa shape index (κ1) is 27.9. The minimum absolute atomic E-state index is 0.247. The maximum atomic E-state index is 12.4. The molecule has 4 amide bonds. The van der Waals surface area contributed by atoms with Crippen LogP contribution < -0.4 is 21.3 Å². The average Bonchev–Trinajstić information content (AvgIpc) is 2.85. The van der Waals surface area contributed by atoms with Gasteiger partial charge in [0.05, 0.1) is 0 Å². The fraction of sp³-hybridized carbons (Fsp3) is 0.308. The van der Waals surface area contributed by atoms with Crippen LogP contribution in [0.2, 0.25) is 0 Å². The average molecular weight is 497 g/mol. The highest BCUT2D eigenvalue weighted by atomic mass is 16.4. The Labute approximate surface area is 209 Å². The van der Waals surface area contributed by atoms with Crippen molar-refractivity contribution in [1.82, 2.24) is 21.3 Å². The van der Waals surface area contributed by atoms with Crippen molar-refractivity contribution in [3.63, 3.8) is 0 Å². The highest BCUT2D eigenvalue weighted by molar-refractivity contribution is 5.86. The summed E-state index contributed by atoms with van der Waals surface area (Å²) in [5, 5.41) is 28.0. The number of amides is 4. The van der Waals surface area contributed by atoms with Crippen LogP contribution in [0.3, 0.4) is 0 Å². The first-order valence-corrected chi connectivity index (χ1v) is 11.6. The zero-order valence-corrected chi connectivity index (χ0v) is 19.9. The fourth-order valence-electron chi connectivity index (χ4n) is 3.46. The monoisotopic (exact) mass is 496 g/mol. The van der Waals surface area contributed by atoms with Crippen LogP contribution in [0.15, 0.2) is 72.8 Å². The van der Waals surface area contributed by atoms with Gasteiger partial charge in [-0.25, -0.2) is 9.59 Å². The van der Waals surface area contributed by atoms with E-state index in [-0.39, 0.29) is 12.8 Å². The SMILES string of the molecule is O=C(O)N[C@@H](Cc1ccccc1)C(=O)NCCC=CCCNC(=O)[C@H](Cc1ccccc1)NC(=O)O. The van der Waals surface area contributed by atoms with Crippen molar-refractivity contribution in [2.45, 2.75) is 37.8 Å². The Kier molecular flexibility index (Phi) is 12.0. The lowest BCUT2D eigenvalue weighted by Crippen LogP contribution is -2.47. The minimum Gasteiger partial charge on any atom is -0.465 e. The van der Waals surface area contributed by atoms with Crippen molar-refractivity contribution in [2.24, 2.45) is 0 Å². The maximum Gasteiger partial charge on any atom is 0.405 e. The lowest BCUT2D eigenvalue weighted by Gasteiger charge is -2.17. The standard InChI is InChI=1S/C26H32N4O6/c31-23(21(29-25(33)34)17-19-11-5-3-6-12-19)27-15-9-1-2-10-16-28-24(32)22(30-26(35)36)18-20-13-7-4-8-14-20/h1-8,11-14,21-22,29-30H,9-10,15-18H2,(H,27,31)(H,28,32)(H,33,34)(H,35,36)/t21-,22-/m0/s1. The van der Waals surface area contributed by atoms with E-state index in [1.807, 2.05) is 72.8 Å². The van der Waals surface area contributed by atoms with Gasteiger partial charge in [0, 0.05) is 25.9 Å². The van der Waals surface area contributed by atoms with Gasteiger partial charge in [-0.1, -0.05) is 72.8 Å². The van der Waals surface area contributed by atoms with E-state index in [0.29, 0.717) is 25.9 Å². The van der Waals surface area contributed by atoms with E-state index in [1.165, 1.54) is 0 Å². The minimum atomic E-state index is -1.27. The zero-order chi connectivity index (χ0) is 26.2. The van der Waals surface area contributed by atoms with Crippen LogP contribution in [0.1, 0.15) is 24.0 Å². The van der Waals surface area contributed by atoms with Crippen LogP contribution in [0, 0.1) is 0 Å². The van der Waals surface area contributed by atoms with E-state index in [2.05, 4.69) is 21.3 Å². The summed E-state index contributed by atoms with van der Waals surface area (Å²) < 4.78 is 0. The van der Waals surface area contributed by atoms with Crippen LogP contribution in [-0.2, 0) is 22.4 Å². The molecule has 2 atom stereocenters. The summed E-state index contributed by atoms with van der Waals surface area (Å²) in [7, 11) is 0. The molecule has 192 valence electrons. The van der Waals surface area contributed by atoms with Crippen molar-refractivity contribution in [3.05, 3.63) is 83.9 Å². The molecule has 36 heavy (non-hydrogen) atoms. The van der Waals surface area contributed by atoms with Crippen LogP contribution in [0.5, 0.6) is 0 Å². The molecule has 0 fully saturated rings. The van der Waals surface area contributed by atoms with Crippen molar-refractivity contribution in [2.75, 3.05) is 13.1 Å². The van der Waals surface area contributed by atoms with Gasteiger partial charge in [-0.2, -0.15) is 0 Å². The number of benzene rings is 2. The topological polar surface area (TPSA) is 157 Å². The summed E-state index contributed by atoms with van der Waals surface area (Å²) in [6.45, 7) is 0.659. The number of nitrogens with one attached hydrogen (secondary N) is 4. The Bertz CT molecular complexity index is 932. The lowest BCUT2D eigenvalue weighted by atomic mass is 10.1. The molecule has 2 aromatic rings. The molecule has 0 saturated carbocycles. The van der Waals surface area contributed by atoms with Crippen molar-refractivity contribution in [3.8, 4) is 0 Å². The number of carboxylic acid groups (broad SMARTS) is 2. The van der Waals surface area contributed by atoms with E-state index >= 15 is 0 Å². The number of rotatable bonds is 14. The Balaban J connectivity index is 1.70. The molecule has 10 heteroatoms. The third-order valence-corrected chi connectivity index (χ3v) is 5.18. The number of carbonyl (C=O) groups is 4. The molecular weight excluding hydrogens is 464 g/mol. The molecule has 6 N–H and O–H groups in total. The molecule has 0 radical (unpaired) electrons. The molecule has 0 aliphatic rings. The summed E-state index contributed by atoms with van der Waals surface area (Å²) >= 11 is 0. The van der Waals surface area contributed by atoms with Crippen LogP contribution >= 0.6 is 0 Å². The summed E-state index contributed by atoms with van der Waals surface area (Å²) in [6, 6.07) is 16.5. The van der Waals surface area contributed by atoms with Gasteiger partial charge in [0.25, 0.3) is 0 Å². The van der Waals surface area contributed by atoms with Gasteiger partial charge in [0.1, 0.15) is 12.1 Å². The van der Waals surface area contributed by atoms with Gasteiger partial charge in [-0.15, -0.1) is 0 Å². The van der Waals surface area contributed by atoms with E-state index < -0.39 is 36.1 Å². The Morgan fingerprint density at radius 1 is 0.639 bits per heavy atom. The highest BCUT2D eigenvalue weighted by Gasteiger charge is 2.21. The van der Waals surface area contributed by atoms with Gasteiger partial charge >= 0.3 is 12.2 Å². The molecule has 0 aliphatic heterocycles. The first-order valence-electron chi connectivity index (χ1n) is 11.6. The molecule has 0 spiro atoms. The fourth-order valence-corrected chi connectivity index (χ4v) is 3.46. The Hall–Kier alpha value is -4.34.